The van der Waals surface area contributed by atoms with Gasteiger partial charge in [0.15, 0.2) is 5.82 Å². The number of aromatic nitrogens is 2. The van der Waals surface area contributed by atoms with Crippen molar-refractivity contribution in [3.8, 4) is 0 Å². The maximum absolute atomic E-state index is 11.8. The summed E-state index contributed by atoms with van der Waals surface area (Å²) in [6.07, 6.45) is 1.72. The molecule has 1 aromatic carbocycles. The number of hydrogen-bond donors (Lipinski definition) is 1. The van der Waals surface area contributed by atoms with Gasteiger partial charge in [-0.25, -0.2) is 0 Å². The minimum absolute atomic E-state index is 0.141. The Morgan fingerprint density at radius 2 is 2.11 bits per heavy atom. The van der Waals surface area contributed by atoms with E-state index in [0.29, 0.717) is 17.3 Å². The van der Waals surface area contributed by atoms with Crippen LogP contribution in [0, 0.1) is 0 Å². The first kappa shape index (κ1) is 12.3. The summed E-state index contributed by atoms with van der Waals surface area (Å²) in [6, 6.07) is 9.03. The van der Waals surface area contributed by atoms with Gasteiger partial charge in [0, 0.05) is 12.0 Å². The van der Waals surface area contributed by atoms with Crippen LogP contribution >= 0.6 is 0 Å². The summed E-state index contributed by atoms with van der Waals surface area (Å²) in [4.78, 5) is 15.9. The molecule has 5 nitrogen and oxygen atoms in total. The SMILES string of the molecule is CCCc1nc(CNC(=O)c2ccccc2)no1. The van der Waals surface area contributed by atoms with Gasteiger partial charge in [-0.05, 0) is 18.6 Å². The Bertz CT molecular complexity index is 508. The van der Waals surface area contributed by atoms with Crippen molar-refractivity contribution in [2.24, 2.45) is 0 Å². The van der Waals surface area contributed by atoms with Crippen LogP contribution < -0.4 is 5.32 Å². The van der Waals surface area contributed by atoms with Crippen LogP contribution in [0.1, 0.15) is 35.4 Å². The highest BCUT2D eigenvalue weighted by molar-refractivity contribution is 5.93. The highest BCUT2D eigenvalue weighted by atomic mass is 16.5. The minimum Gasteiger partial charge on any atom is -0.345 e. The quantitative estimate of drug-likeness (QED) is 0.874. The van der Waals surface area contributed by atoms with Crippen LogP contribution in [0.5, 0.6) is 0 Å². The van der Waals surface area contributed by atoms with Gasteiger partial charge in [0.05, 0.1) is 6.54 Å². The third-order valence-corrected chi connectivity index (χ3v) is 2.42. The number of benzene rings is 1. The van der Waals surface area contributed by atoms with Crippen LogP contribution in [-0.2, 0) is 13.0 Å². The summed E-state index contributed by atoms with van der Waals surface area (Å²) in [6.45, 7) is 2.32. The monoisotopic (exact) mass is 245 g/mol. The van der Waals surface area contributed by atoms with E-state index in [0.717, 1.165) is 12.8 Å². The Balaban J connectivity index is 1.89. The second-order valence-corrected chi connectivity index (χ2v) is 3.90. The fourth-order valence-electron chi connectivity index (χ4n) is 1.53. The number of rotatable bonds is 5. The molecule has 0 fully saturated rings. The van der Waals surface area contributed by atoms with Gasteiger partial charge in [0.2, 0.25) is 5.89 Å². The van der Waals surface area contributed by atoms with Crippen LogP contribution in [0.25, 0.3) is 0 Å². The highest BCUT2D eigenvalue weighted by Gasteiger charge is 2.08. The molecule has 18 heavy (non-hydrogen) atoms. The molecule has 0 aliphatic carbocycles. The molecule has 0 spiro atoms. The molecule has 1 N–H and O–H groups in total. The van der Waals surface area contributed by atoms with E-state index in [1.165, 1.54) is 0 Å². The maximum atomic E-state index is 11.8. The summed E-state index contributed by atoms with van der Waals surface area (Å²) < 4.78 is 5.03. The molecule has 1 aromatic heterocycles. The molecule has 2 aromatic rings. The standard InChI is InChI=1S/C13H15N3O2/c1-2-6-12-15-11(16-18-12)9-14-13(17)10-7-4-3-5-8-10/h3-5,7-8H,2,6,9H2,1H3,(H,14,17). The van der Waals surface area contributed by atoms with Crippen LogP contribution in [0.15, 0.2) is 34.9 Å². The molecule has 1 amide bonds. The van der Waals surface area contributed by atoms with Crippen molar-refractivity contribution < 1.29 is 9.32 Å². The third kappa shape index (κ3) is 3.16. The van der Waals surface area contributed by atoms with E-state index in [9.17, 15) is 4.79 Å². The number of carbonyl (C=O) groups excluding carboxylic acids is 1. The summed E-state index contributed by atoms with van der Waals surface area (Å²) in [5.41, 5.74) is 0.620. The van der Waals surface area contributed by atoms with Crippen molar-refractivity contribution in [1.82, 2.24) is 15.5 Å². The lowest BCUT2D eigenvalue weighted by Crippen LogP contribution is -2.23. The van der Waals surface area contributed by atoms with Gasteiger partial charge in [-0.15, -0.1) is 0 Å². The number of nitrogens with one attached hydrogen (secondary N) is 1. The summed E-state index contributed by atoms with van der Waals surface area (Å²) in [5.74, 6) is 0.974. The Labute approximate surface area is 105 Å². The molecule has 1 heterocycles. The van der Waals surface area contributed by atoms with E-state index in [2.05, 4.69) is 15.5 Å². The van der Waals surface area contributed by atoms with Gasteiger partial charge < -0.3 is 9.84 Å². The summed E-state index contributed by atoms with van der Waals surface area (Å²) in [5, 5.41) is 6.55. The third-order valence-electron chi connectivity index (χ3n) is 2.42. The molecule has 0 bridgehead atoms. The average molecular weight is 245 g/mol. The molecule has 0 atom stereocenters. The molecule has 0 unspecified atom stereocenters. The molecule has 0 aliphatic heterocycles. The van der Waals surface area contributed by atoms with E-state index in [-0.39, 0.29) is 12.5 Å². The molecular formula is C13H15N3O2. The predicted molar refractivity (Wildman–Crippen MR) is 65.9 cm³/mol. The summed E-state index contributed by atoms with van der Waals surface area (Å²) in [7, 11) is 0. The zero-order valence-electron chi connectivity index (χ0n) is 10.2. The van der Waals surface area contributed by atoms with E-state index in [1.54, 1.807) is 12.1 Å². The van der Waals surface area contributed by atoms with Crippen molar-refractivity contribution in [1.29, 1.82) is 0 Å². The lowest BCUT2D eigenvalue weighted by molar-refractivity contribution is 0.0949. The van der Waals surface area contributed by atoms with Crippen LogP contribution in [-0.4, -0.2) is 16.0 Å². The smallest absolute Gasteiger partial charge is 0.251 e. The second kappa shape index (κ2) is 5.95. The van der Waals surface area contributed by atoms with E-state index >= 15 is 0 Å². The van der Waals surface area contributed by atoms with Gasteiger partial charge in [0.25, 0.3) is 5.91 Å². The number of aryl methyl sites for hydroxylation is 1. The second-order valence-electron chi connectivity index (χ2n) is 3.90. The molecule has 5 heteroatoms. The number of amides is 1. The lowest BCUT2D eigenvalue weighted by Gasteiger charge is -2.01. The number of nitrogens with zero attached hydrogens (tertiary/aromatic N) is 2. The Kier molecular flexibility index (Phi) is 4.06. The van der Waals surface area contributed by atoms with Gasteiger partial charge in [-0.1, -0.05) is 30.3 Å². The van der Waals surface area contributed by atoms with Crippen molar-refractivity contribution >= 4 is 5.91 Å². The molecule has 94 valence electrons. The van der Waals surface area contributed by atoms with Gasteiger partial charge in [0.1, 0.15) is 0 Å². The molecule has 0 radical (unpaired) electrons. The minimum atomic E-state index is -0.141. The maximum Gasteiger partial charge on any atom is 0.251 e. The Morgan fingerprint density at radius 3 is 2.83 bits per heavy atom. The fraction of sp³-hybridized carbons (Fsp3) is 0.308. The van der Waals surface area contributed by atoms with E-state index in [1.807, 2.05) is 25.1 Å². The lowest BCUT2D eigenvalue weighted by atomic mass is 10.2. The summed E-state index contributed by atoms with van der Waals surface area (Å²) >= 11 is 0. The fourth-order valence-corrected chi connectivity index (χ4v) is 1.53. The van der Waals surface area contributed by atoms with E-state index in [4.69, 9.17) is 4.52 Å². The zero-order valence-corrected chi connectivity index (χ0v) is 10.2. The van der Waals surface area contributed by atoms with E-state index < -0.39 is 0 Å². The first-order valence-electron chi connectivity index (χ1n) is 5.94. The first-order chi connectivity index (χ1) is 8.79. The topological polar surface area (TPSA) is 68.0 Å². The largest absolute Gasteiger partial charge is 0.345 e. The molecule has 0 saturated carbocycles. The first-order valence-corrected chi connectivity index (χ1v) is 5.94. The van der Waals surface area contributed by atoms with Gasteiger partial charge in [-0.2, -0.15) is 4.98 Å². The Hall–Kier alpha value is -2.17. The van der Waals surface area contributed by atoms with Crippen molar-refractivity contribution in [2.75, 3.05) is 0 Å². The molecule has 0 aliphatic rings. The van der Waals surface area contributed by atoms with Crippen molar-refractivity contribution in [3.63, 3.8) is 0 Å². The molecule has 2 rings (SSSR count). The van der Waals surface area contributed by atoms with Crippen molar-refractivity contribution in [3.05, 3.63) is 47.6 Å². The van der Waals surface area contributed by atoms with Crippen LogP contribution in [0.3, 0.4) is 0 Å². The normalized spacial score (nSPS) is 10.3. The van der Waals surface area contributed by atoms with Crippen molar-refractivity contribution in [2.45, 2.75) is 26.3 Å². The average Bonchev–Trinajstić information content (AvgIpc) is 2.85. The van der Waals surface area contributed by atoms with Crippen LogP contribution in [0.4, 0.5) is 0 Å². The predicted octanol–water partition coefficient (Wildman–Crippen LogP) is 1.95. The number of hydrogen-bond acceptors (Lipinski definition) is 4. The molecule has 0 saturated heterocycles. The molecular weight excluding hydrogens is 230 g/mol. The Morgan fingerprint density at radius 1 is 1.33 bits per heavy atom. The highest BCUT2D eigenvalue weighted by Crippen LogP contribution is 2.02. The van der Waals surface area contributed by atoms with Gasteiger partial charge in [-0.3, -0.25) is 4.79 Å². The van der Waals surface area contributed by atoms with Gasteiger partial charge >= 0.3 is 0 Å². The van der Waals surface area contributed by atoms with Crippen LogP contribution in [0.2, 0.25) is 0 Å². The number of carbonyl (C=O) groups is 1. The zero-order chi connectivity index (χ0) is 12.8.